The molecule has 244 valence electrons. The van der Waals surface area contributed by atoms with Gasteiger partial charge in [0.15, 0.2) is 9.84 Å². The lowest BCUT2D eigenvalue weighted by Crippen LogP contribution is -2.61. The summed E-state index contributed by atoms with van der Waals surface area (Å²) in [5.74, 6) is 2.95. The fourth-order valence-electron chi connectivity index (χ4n) is 12.0. The number of benzene rings is 1. The van der Waals surface area contributed by atoms with E-state index in [0.717, 1.165) is 71.0 Å². The Kier molecular flexibility index (Phi) is 8.41. The van der Waals surface area contributed by atoms with Crippen LogP contribution in [-0.4, -0.2) is 50.3 Å². The number of rotatable bonds is 6. The van der Waals surface area contributed by atoms with Crippen molar-refractivity contribution < 1.29 is 23.0 Å². The Bertz CT molecular complexity index is 1310. The summed E-state index contributed by atoms with van der Waals surface area (Å²) in [4.78, 5) is 0.458. The van der Waals surface area contributed by atoms with Gasteiger partial charge in [0.25, 0.3) is 0 Å². The predicted octanol–water partition coefficient (Wildman–Crippen LogP) is 7.77. The Labute approximate surface area is 266 Å². The molecule has 44 heavy (non-hydrogen) atoms. The summed E-state index contributed by atoms with van der Waals surface area (Å²) in [5, 5.41) is 12.3. The van der Waals surface area contributed by atoms with Crippen molar-refractivity contribution in [3.05, 3.63) is 42.0 Å². The molecule has 0 bridgehead atoms. The fraction of sp³-hybridized carbons (Fsp3) is 0.789. The smallest absolute Gasteiger partial charge is 0.178 e. The molecule has 2 unspecified atom stereocenters. The van der Waals surface area contributed by atoms with Crippen LogP contribution in [0.5, 0.6) is 0 Å². The van der Waals surface area contributed by atoms with E-state index < -0.39 is 15.4 Å². The van der Waals surface area contributed by atoms with Gasteiger partial charge in [-0.05, 0) is 136 Å². The maximum Gasteiger partial charge on any atom is 0.178 e. The highest BCUT2D eigenvalue weighted by Crippen LogP contribution is 2.69. The summed E-state index contributed by atoms with van der Waals surface area (Å²) < 4.78 is 39.7. The molecule has 5 fully saturated rings. The van der Waals surface area contributed by atoms with Crippen molar-refractivity contribution in [1.82, 2.24) is 0 Å². The Morgan fingerprint density at radius 2 is 1.66 bits per heavy atom. The van der Waals surface area contributed by atoms with Crippen LogP contribution in [0.2, 0.25) is 0 Å². The number of ether oxygens (including phenoxy) is 2. The third-order valence-electron chi connectivity index (χ3n) is 14.2. The third-order valence-corrected chi connectivity index (χ3v) is 16.1. The molecular weight excluding hydrogens is 568 g/mol. The van der Waals surface area contributed by atoms with E-state index in [1.165, 1.54) is 31.3 Å². The van der Waals surface area contributed by atoms with Gasteiger partial charge in [0.1, 0.15) is 0 Å². The zero-order chi connectivity index (χ0) is 30.7. The van der Waals surface area contributed by atoms with Crippen LogP contribution in [0.1, 0.15) is 104 Å². The van der Waals surface area contributed by atoms with Crippen LogP contribution >= 0.6 is 0 Å². The molecule has 6 aliphatic rings. The minimum atomic E-state index is -3.31. The number of hydrogen-bond acceptors (Lipinski definition) is 5. The van der Waals surface area contributed by atoms with Gasteiger partial charge in [-0.3, -0.25) is 0 Å². The topological polar surface area (TPSA) is 72.8 Å². The highest BCUT2D eigenvalue weighted by molar-refractivity contribution is 7.91. The second-order valence-corrected chi connectivity index (χ2v) is 18.3. The first-order valence-electron chi connectivity index (χ1n) is 18.0. The molecule has 3 saturated carbocycles. The van der Waals surface area contributed by atoms with Gasteiger partial charge >= 0.3 is 0 Å². The van der Waals surface area contributed by atoms with Gasteiger partial charge in [-0.2, -0.15) is 0 Å². The largest absolute Gasteiger partial charge is 0.387 e. The van der Waals surface area contributed by atoms with Gasteiger partial charge in [-0.1, -0.05) is 50.6 Å². The molecule has 0 spiro atoms. The average Bonchev–Trinajstić information content (AvgIpc) is 3.40. The lowest BCUT2D eigenvalue weighted by Gasteiger charge is -2.63. The summed E-state index contributed by atoms with van der Waals surface area (Å²) >= 11 is 0. The molecule has 2 aliphatic heterocycles. The quantitative estimate of drug-likeness (QED) is 0.328. The molecule has 1 N–H and O–H groups in total. The number of allylic oxidation sites excluding steroid dienone is 1. The van der Waals surface area contributed by atoms with E-state index in [2.05, 4.69) is 26.8 Å². The summed E-state index contributed by atoms with van der Waals surface area (Å²) in [5.41, 5.74) is 0.900. The molecule has 7 rings (SSSR count). The Hall–Kier alpha value is -1.21. The SMILES string of the molecule is C[C@H](CS(=O)(=O)c1ccccc1)[C@H]1CC[C@H]2[C@@H]3CC=C4C[C@@](O)(C5CCCCO5)C[C@H](C5CCCCO5)[C@]4(C)[C@H]3CC[C@]12C. The Morgan fingerprint density at radius 1 is 0.909 bits per heavy atom. The van der Waals surface area contributed by atoms with E-state index in [1.807, 2.05) is 18.2 Å². The maximum absolute atomic E-state index is 13.4. The van der Waals surface area contributed by atoms with E-state index in [-0.39, 0.29) is 34.7 Å². The van der Waals surface area contributed by atoms with Crippen LogP contribution < -0.4 is 0 Å². The van der Waals surface area contributed by atoms with Crippen LogP contribution in [0.15, 0.2) is 46.9 Å². The Balaban J connectivity index is 1.16. The number of aliphatic hydroxyl groups is 1. The molecule has 5 nitrogen and oxygen atoms in total. The lowest BCUT2D eigenvalue weighted by atomic mass is 9.43. The lowest BCUT2D eigenvalue weighted by molar-refractivity contribution is -0.189. The van der Waals surface area contributed by atoms with Gasteiger partial charge < -0.3 is 14.6 Å². The molecule has 0 radical (unpaired) electrons. The standard InChI is InChI=1S/C38H56O5S/c1-26(25-44(40,41)28-11-5-4-6-12-28)30-17-18-31-29-16-15-27-23-38(39,35-14-8-10-22-43-35)24-33(34-13-7-9-21-42-34)37(27,3)32(29)19-20-36(30,31)2/h4-6,11-12,15,26,29-35,39H,7-10,13-14,16-25H2,1-3H3/t26-,29+,30-,31+,32+,33-,34?,35?,36-,37+,38+/m1/s1. The van der Waals surface area contributed by atoms with Crippen molar-refractivity contribution in [1.29, 1.82) is 0 Å². The molecule has 6 heteroatoms. The van der Waals surface area contributed by atoms with Crippen molar-refractivity contribution in [2.45, 2.75) is 127 Å². The molecular formula is C38H56O5S. The first-order valence-corrected chi connectivity index (χ1v) is 19.6. The molecule has 2 heterocycles. The first kappa shape index (κ1) is 31.4. The second-order valence-electron chi connectivity index (χ2n) is 16.3. The van der Waals surface area contributed by atoms with Crippen molar-refractivity contribution in [3.63, 3.8) is 0 Å². The summed E-state index contributed by atoms with van der Waals surface area (Å²) in [6.45, 7) is 8.89. The number of hydrogen-bond donors (Lipinski definition) is 1. The van der Waals surface area contributed by atoms with Crippen molar-refractivity contribution in [2.24, 2.45) is 46.3 Å². The van der Waals surface area contributed by atoms with Gasteiger partial charge in [-0.25, -0.2) is 8.42 Å². The minimum Gasteiger partial charge on any atom is -0.387 e. The van der Waals surface area contributed by atoms with E-state index in [1.54, 1.807) is 12.1 Å². The molecule has 2 saturated heterocycles. The van der Waals surface area contributed by atoms with Crippen LogP contribution in [-0.2, 0) is 19.3 Å². The molecule has 11 atom stereocenters. The van der Waals surface area contributed by atoms with E-state index in [0.29, 0.717) is 34.5 Å². The fourth-order valence-corrected chi connectivity index (χ4v) is 13.7. The molecule has 1 aromatic rings. The normalized spacial score (nSPS) is 45.0. The van der Waals surface area contributed by atoms with Crippen LogP contribution in [0.25, 0.3) is 0 Å². The second kappa shape index (κ2) is 11.8. The van der Waals surface area contributed by atoms with Gasteiger partial charge in [-0.15, -0.1) is 0 Å². The summed E-state index contributed by atoms with van der Waals surface area (Å²) in [6.07, 6.45) is 16.7. The van der Waals surface area contributed by atoms with Crippen molar-refractivity contribution in [2.75, 3.05) is 19.0 Å². The maximum atomic E-state index is 13.4. The van der Waals surface area contributed by atoms with E-state index in [4.69, 9.17) is 9.47 Å². The number of sulfone groups is 1. The monoisotopic (exact) mass is 624 g/mol. The molecule has 0 amide bonds. The predicted molar refractivity (Wildman–Crippen MR) is 174 cm³/mol. The average molecular weight is 625 g/mol. The molecule has 1 aromatic carbocycles. The first-order chi connectivity index (χ1) is 21.1. The highest BCUT2D eigenvalue weighted by Gasteiger charge is 2.64. The van der Waals surface area contributed by atoms with Crippen molar-refractivity contribution >= 4 is 9.84 Å². The van der Waals surface area contributed by atoms with E-state index >= 15 is 0 Å². The van der Waals surface area contributed by atoms with Gasteiger partial charge in [0.2, 0.25) is 0 Å². The van der Waals surface area contributed by atoms with Crippen LogP contribution in [0.3, 0.4) is 0 Å². The molecule has 4 aliphatic carbocycles. The Morgan fingerprint density at radius 3 is 2.36 bits per heavy atom. The minimum absolute atomic E-state index is 0.0352. The third kappa shape index (κ3) is 5.17. The zero-order valence-electron chi connectivity index (χ0n) is 27.4. The number of fused-ring (bicyclic) bond motifs is 5. The van der Waals surface area contributed by atoms with Gasteiger partial charge in [0, 0.05) is 19.6 Å². The van der Waals surface area contributed by atoms with Crippen molar-refractivity contribution in [3.8, 4) is 0 Å². The molecule has 0 aromatic heterocycles. The van der Waals surface area contributed by atoms with Crippen LogP contribution in [0.4, 0.5) is 0 Å². The summed E-state index contributed by atoms with van der Waals surface area (Å²) in [7, 11) is -3.31. The highest BCUT2D eigenvalue weighted by atomic mass is 32.2. The van der Waals surface area contributed by atoms with E-state index in [9.17, 15) is 13.5 Å². The van der Waals surface area contributed by atoms with Gasteiger partial charge in [0.05, 0.1) is 28.5 Å². The summed E-state index contributed by atoms with van der Waals surface area (Å²) in [6, 6.07) is 9.04. The zero-order valence-corrected chi connectivity index (χ0v) is 28.2. The van der Waals surface area contributed by atoms with Crippen LogP contribution in [0, 0.1) is 46.3 Å².